The summed E-state index contributed by atoms with van der Waals surface area (Å²) in [5.74, 6) is -1.84. The smallest absolute Gasteiger partial charge is 0.416 e. The number of thioether (sulfide) groups is 1. The number of amides is 1. The Bertz CT molecular complexity index is 1110. The summed E-state index contributed by atoms with van der Waals surface area (Å²) in [6, 6.07) is 10.4. The Balaban J connectivity index is 1.75. The van der Waals surface area contributed by atoms with Gasteiger partial charge >= 0.3 is 18.1 Å². The van der Waals surface area contributed by atoms with E-state index < -0.39 is 36.4 Å². The molecule has 0 N–H and O–H groups in total. The van der Waals surface area contributed by atoms with E-state index in [1.54, 1.807) is 12.1 Å². The van der Waals surface area contributed by atoms with Gasteiger partial charge in [-0.25, -0.2) is 4.79 Å². The normalized spacial score (nSPS) is 15.2. The van der Waals surface area contributed by atoms with Gasteiger partial charge in [-0.05, 0) is 42.0 Å². The van der Waals surface area contributed by atoms with Crippen LogP contribution in [0.4, 0.5) is 18.9 Å². The quantitative estimate of drug-likeness (QED) is 0.263. The van der Waals surface area contributed by atoms with Crippen molar-refractivity contribution in [3.8, 4) is 0 Å². The fourth-order valence-electron chi connectivity index (χ4n) is 2.63. The highest BCUT2D eigenvalue weighted by atomic mass is 32.2. The Kier molecular flexibility index (Phi) is 6.99. The van der Waals surface area contributed by atoms with E-state index in [4.69, 9.17) is 17.0 Å². The fourth-order valence-corrected chi connectivity index (χ4v) is 3.93. The Hall–Kier alpha value is -3.18. The molecule has 2 aromatic carbocycles. The van der Waals surface area contributed by atoms with Crippen molar-refractivity contribution in [3.63, 3.8) is 0 Å². The number of alkyl halides is 3. The molecule has 0 aromatic heterocycles. The van der Waals surface area contributed by atoms with Crippen LogP contribution in [0, 0.1) is 0 Å². The maximum atomic E-state index is 13.0. The Morgan fingerprint density at radius 2 is 1.81 bits per heavy atom. The lowest BCUT2D eigenvalue weighted by Crippen LogP contribution is -2.27. The summed E-state index contributed by atoms with van der Waals surface area (Å²) in [6.45, 7) is 0.673. The van der Waals surface area contributed by atoms with E-state index in [9.17, 15) is 27.6 Å². The summed E-state index contributed by atoms with van der Waals surface area (Å²) in [4.78, 5) is 36.6. The molecular formula is C21H14F3NO5S2. The van der Waals surface area contributed by atoms with Crippen molar-refractivity contribution < 1.29 is 37.0 Å². The first-order chi connectivity index (χ1) is 15.1. The monoisotopic (exact) mass is 481 g/mol. The number of thiocarbonyl (C=S) groups is 1. The van der Waals surface area contributed by atoms with Crippen LogP contribution >= 0.6 is 24.0 Å². The first-order valence-electron chi connectivity index (χ1n) is 8.92. The van der Waals surface area contributed by atoms with Crippen molar-refractivity contribution in [2.24, 2.45) is 0 Å². The number of esters is 2. The topological polar surface area (TPSA) is 72.9 Å². The zero-order chi connectivity index (χ0) is 23.5. The molecule has 1 fully saturated rings. The number of carbonyl (C=O) groups excluding carboxylic acids is 3. The molecule has 1 amide bonds. The van der Waals surface area contributed by atoms with Crippen molar-refractivity contribution in [1.29, 1.82) is 0 Å². The van der Waals surface area contributed by atoms with Gasteiger partial charge in [-0.3, -0.25) is 14.5 Å². The molecule has 6 nitrogen and oxygen atoms in total. The Morgan fingerprint density at radius 3 is 2.44 bits per heavy atom. The van der Waals surface area contributed by atoms with Crippen molar-refractivity contribution in [2.75, 3.05) is 11.7 Å². The maximum Gasteiger partial charge on any atom is 0.416 e. The van der Waals surface area contributed by atoms with Gasteiger partial charge in [0.05, 0.1) is 21.7 Å². The van der Waals surface area contributed by atoms with Crippen molar-refractivity contribution in [3.05, 3.63) is 70.1 Å². The number of hydrogen-bond donors (Lipinski definition) is 0. The molecule has 3 rings (SSSR count). The predicted molar refractivity (Wildman–Crippen MR) is 116 cm³/mol. The number of halogens is 3. The van der Waals surface area contributed by atoms with Crippen LogP contribution in [-0.4, -0.2) is 29.0 Å². The maximum absolute atomic E-state index is 13.0. The van der Waals surface area contributed by atoms with Gasteiger partial charge in [0.15, 0.2) is 4.32 Å². The van der Waals surface area contributed by atoms with E-state index in [1.165, 1.54) is 37.3 Å². The molecule has 2 aromatic rings. The van der Waals surface area contributed by atoms with Crippen molar-refractivity contribution in [1.82, 2.24) is 0 Å². The van der Waals surface area contributed by atoms with Crippen LogP contribution in [0.3, 0.4) is 0 Å². The summed E-state index contributed by atoms with van der Waals surface area (Å²) in [5, 5.41) is 0. The van der Waals surface area contributed by atoms with Gasteiger partial charge in [-0.2, -0.15) is 13.2 Å². The molecule has 0 bridgehead atoms. The van der Waals surface area contributed by atoms with E-state index >= 15 is 0 Å². The number of rotatable bonds is 5. The first kappa shape index (κ1) is 23.5. The standard InChI is InChI=1S/C21H14F3NO5S2/c1-12(26)29-11-30-19(28)14-7-5-13(6-8-14)9-17-18(27)25(20(31)32-17)16-4-2-3-15(10-16)21(22,23)24/h2-10H,11H2,1H3/b17-9-. The molecule has 0 saturated carbocycles. The molecule has 1 aliphatic rings. The lowest BCUT2D eigenvalue weighted by Gasteiger charge is -2.16. The number of benzene rings is 2. The largest absolute Gasteiger partial charge is 0.428 e. The average Bonchev–Trinajstić information content (AvgIpc) is 3.00. The molecule has 32 heavy (non-hydrogen) atoms. The van der Waals surface area contributed by atoms with Gasteiger partial charge in [0.2, 0.25) is 6.79 Å². The number of hydrogen-bond acceptors (Lipinski definition) is 7. The molecule has 0 radical (unpaired) electrons. The van der Waals surface area contributed by atoms with Crippen LogP contribution < -0.4 is 4.90 Å². The summed E-state index contributed by atoms with van der Waals surface area (Å²) in [5.41, 5.74) is -0.0994. The van der Waals surface area contributed by atoms with Crippen molar-refractivity contribution in [2.45, 2.75) is 13.1 Å². The zero-order valence-electron chi connectivity index (χ0n) is 16.3. The molecule has 1 heterocycles. The van der Waals surface area contributed by atoms with Gasteiger partial charge in [0.1, 0.15) is 0 Å². The second-order valence-electron chi connectivity index (χ2n) is 6.37. The molecule has 1 saturated heterocycles. The number of ether oxygens (including phenoxy) is 2. The fraction of sp³-hybridized carbons (Fsp3) is 0.143. The molecule has 166 valence electrons. The third-order valence-corrected chi connectivity index (χ3v) is 5.42. The third kappa shape index (κ3) is 5.54. The molecule has 0 atom stereocenters. The highest BCUT2D eigenvalue weighted by Gasteiger charge is 2.36. The van der Waals surface area contributed by atoms with Crippen LogP contribution in [0.15, 0.2) is 53.4 Å². The van der Waals surface area contributed by atoms with Gasteiger partial charge in [0.25, 0.3) is 5.91 Å². The number of carbonyl (C=O) groups is 3. The minimum atomic E-state index is -4.55. The minimum absolute atomic E-state index is 0.0246. The zero-order valence-corrected chi connectivity index (χ0v) is 18.0. The molecular weight excluding hydrogens is 467 g/mol. The Labute approximate surface area is 190 Å². The van der Waals surface area contributed by atoms with E-state index in [-0.39, 0.29) is 20.5 Å². The summed E-state index contributed by atoms with van der Waals surface area (Å²) in [6.07, 6.45) is -3.03. The minimum Gasteiger partial charge on any atom is -0.428 e. The van der Waals surface area contributed by atoms with E-state index in [0.29, 0.717) is 5.56 Å². The first-order valence-corrected chi connectivity index (χ1v) is 10.1. The second kappa shape index (κ2) is 9.53. The molecule has 11 heteroatoms. The van der Waals surface area contributed by atoms with Crippen LogP contribution in [0.1, 0.15) is 28.4 Å². The van der Waals surface area contributed by atoms with Crippen LogP contribution in [0.25, 0.3) is 6.08 Å². The van der Waals surface area contributed by atoms with Crippen LogP contribution in [-0.2, 0) is 25.2 Å². The Morgan fingerprint density at radius 1 is 1.12 bits per heavy atom. The van der Waals surface area contributed by atoms with Gasteiger partial charge in [0, 0.05) is 6.92 Å². The summed E-state index contributed by atoms with van der Waals surface area (Å²) < 4.78 is 48.4. The van der Waals surface area contributed by atoms with Crippen molar-refractivity contribution >= 4 is 57.9 Å². The van der Waals surface area contributed by atoms with Gasteiger partial charge in [-0.1, -0.05) is 42.2 Å². The number of nitrogens with zero attached hydrogens (tertiary/aromatic N) is 1. The van der Waals surface area contributed by atoms with E-state index in [0.717, 1.165) is 28.8 Å². The van der Waals surface area contributed by atoms with Gasteiger partial charge in [-0.15, -0.1) is 0 Å². The average molecular weight is 481 g/mol. The molecule has 0 spiro atoms. The molecule has 0 unspecified atom stereocenters. The molecule has 0 aliphatic carbocycles. The highest BCUT2D eigenvalue weighted by Crippen LogP contribution is 2.38. The number of anilines is 1. The molecule has 1 aliphatic heterocycles. The summed E-state index contributed by atoms with van der Waals surface area (Å²) >= 11 is 6.15. The van der Waals surface area contributed by atoms with Crippen LogP contribution in [0.2, 0.25) is 0 Å². The SMILES string of the molecule is CC(=O)OCOC(=O)c1ccc(/C=C2\SC(=S)N(c3cccc(C(F)(F)F)c3)C2=O)cc1. The third-order valence-electron chi connectivity index (χ3n) is 4.12. The van der Waals surface area contributed by atoms with E-state index in [2.05, 4.69) is 4.74 Å². The lowest BCUT2D eigenvalue weighted by molar-refractivity contribution is -0.149. The van der Waals surface area contributed by atoms with E-state index in [1.807, 2.05) is 0 Å². The lowest BCUT2D eigenvalue weighted by atomic mass is 10.1. The second-order valence-corrected chi connectivity index (χ2v) is 8.05. The highest BCUT2D eigenvalue weighted by molar-refractivity contribution is 8.27. The predicted octanol–water partition coefficient (Wildman–Crippen LogP) is 4.79. The summed E-state index contributed by atoms with van der Waals surface area (Å²) in [7, 11) is 0. The van der Waals surface area contributed by atoms with Crippen LogP contribution in [0.5, 0.6) is 0 Å². The van der Waals surface area contributed by atoms with Gasteiger partial charge < -0.3 is 9.47 Å².